The number of carbonyl (C=O) groups is 4. The second kappa shape index (κ2) is 32.4. The number of carbonyl (C=O) groups excluding carboxylic acids is 2. The van der Waals surface area contributed by atoms with E-state index in [-0.39, 0.29) is 93.9 Å². The lowest BCUT2D eigenvalue weighted by Gasteiger charge is -2.11. The molecule has 2 amide bonds. The Balaban J connectivity index is 1.25. The van der Waals surface area contributed by atoms with E-state index in [9.17, 15) is 32.0 Å². The third-order valence-corrected chi connectivity index (χ3v) is 11.0. The van der Waals surface area contributed by atoms with Crippen molar-refractivity contribution in [3.63, 3.8) is 0 Å². The van der Waals surface area contributed by atoms with Crippen LogP contribution in [0.25, 0.3) is 0 Å². The minimum absolute atomic E-state index is 0.0773. The average Bonchev–Trinajstić information content (AvgIpc) is 3.27. The average molecular weight is 934 g/mol. The summed E-state index contributed by atoms with van der Waals surface area (Å²) in [6.45, 7) is 0.882. The first-order chi connectivity index (χ1) is 31.4. The number of hydrogen-bond donors (Lipinski definition) is 5. The zero-order valence-electron chi connectivity index (χ0n) is 36.9. The summed E-state index contributed by atoms with van der Waals surface area (Å²) >= 11 is 0. The van der Waals surface area contributed by atoms with Gasteiger partial charge >= 0.3 is 11.9 Å². The van der Waals surface area contributed by atoms with Gasteiger partial charge < -0.3 is 44.5 Å². The fourth-order valence-corrected chi connectivity index (χ4v) is 7.22. The van der Waals surface area contributed by atoms with Crippen LogP contribution in [0.2, 0.25) is 0 Å². The Labute approximate surface area is 380 Å². The quantitative estimate of drug-likeness (QED) is 0.0396. The SMILES string of the molecule is O=C(O)CCCCCCCCCCCCCCCc1cc(Oc2ccc(S(=O)(=O)Nc3ncc(C(=O)NCCOCCOCC(=O)NCCOCCOCC(=O)O)cn3)cc2)ccc1F. The Bertz CT molecular complexity index is 1960. The van der Waals surface area contributed by atoms with Gasteiger partial charge in [0.05, 0.1) is 50.1 Å². The van der Waals surface area contributed by atoms with E-state index in [0.29, 0.717) is 23.5 Å². The van der Waals surface area contributed by atoms with Crippen molar-refractivity contribution in [1.29, 1.82) is 0 Å². The molecule has 0 atom stereocenters. The third-order valence-electron chi connectivity index (χ3n) is 9.67. The first kappa shape index (κ1) is 54.1. The van der Waals surface area contributed by atoms with Crippen LogP contribution < -0.4 is 20.1 Å². The Morgan fingerprint density at radius 2 is 1.12 bits per heavy atom. The number of aliphatic carboxylic acids is 2. The standard InChI is InChI=1S/C45H64FN5O13S/c46-40-21-18-38(30-35(40)14-12-10-8-6-4-2-1-3-5-7-9-11-13-15-42(53)54)64-37-16-19-39(20-17-37)65(58,59)51-45-49-31-36(32-50-45)44(57)48-23-25-61-26-28-62-33-41(52)47-22-24-60-27-29-63-34-43(55)56/h16-21,30-32H,1-15,22-29,33-34H2,(H,47,52)(H,48,57)(H,53,54)(H,55,56)(H,49,50,51). The van der Waals surface area contributed by atoms with E-state index in [2.05, 4.69) is 25.3 Å². The Morgan fingerprint density at radius 1 is 0.600 bits per heavy atom. The van der Waals surface area contributed by atoms with E-state index in [0.717, 1.165) is 44.9 Å². The van der Waals surface area contributed by atoms with Crippen LogP contribution in [-0.2, 0) is 49.8 Å². The molecule has 5 N–H and O–H groups in total. The normalized spacial score (nSPS) is 11.3. The lowest BCUT2D eigenvalue weighted by Crippen LogP contribution is -2.31. The molecule has 1 heterocycles. The number of sulfonamides is 1. The van der Waals surface area contributed by atoms with Gasteiger partial charge in [-0.15, -0.1) is 0 Å². The Hall–Kier alpha value is -5.28. The van der Waals surface area contributed by atoms with Crippen molar-refractivity contribution in [3.8, 4) is 11.5 Å². The number of halogens is 1. The second-order valence-corrected chi connectivity index (χ2v) is 16.7. The van der Waals surface area contributed by atoms with Gasteiger partial charge in [-0.1, -0.05) is 70.6 Å². The minimum Gasteiger partial charge on any atom is -0.481 e. The predicted octanol–water partition coefficient (Wildman–Crippen LogP) is 6.29. The summed E-state index contributed by atoms with van der Waals surface area (Å²) in [4.78, 5) is 53.0. The van der Waals surface area contributed by atoms with Gasteiger partial charge in [-0.05, 0) is 67.3 Å². The molecule has 65 heavy (non-hydrogen) atoms. The van der Waals surface area contributed by atoms with Crippen molar-refractivity contribution >= 4 is 39.7 Å². The highest BCUT2D eigenvalue weighted by atomic mass is 32.2. The van der Waals surface area contributed by atoms with Crippen LogP contribution >= 0.6 is 0 Å². The molecule has 0 saturated carbocycles. The number of anilines is 1. The van der Waals surface area contributed by atoms with E-state index in [1.165, 1.54) is 87.3 Å². The van der Waals surface area contributed by atoms with Crippen molar-refractivity contribution in [2.45, 2.75) is 101 Å². The largest absolute Gasteiger partial charge is 0.481 e. The topological polar surface area (TPSA) is 251 Å². The highest BCUT2D eigenvalue weighted by Crippen LogP contribution is 2.26. The summed E-state index contributed by atoms with van der Waals surface area (Å²) in [6.07, 6.45) is 17.4. The fourth-order valence-electron chi connectivity index (χ4n) is 6.26. The van der Waals surface area contributed by atoms with E-state index in [4.69, 9.17) is 33.9 Å². The van der Waals surface area contributed by atoms with Gasteiger partial charge in [0.15, 0.2) is 0 Å². The van der Waals surface area contributed by atoms with Gasteiger partial charge in [-0.25, -0.2) is 32.3 Å². The zero-order valence-corrected chi connectivity index (χ0v) is 37.8. The number of nitrogens with one attached hydrogen (secondary N) is 3. The summed E-state index contributed by atoms with van der Waals surface area (Å²) in [6, 6.07) is 10.3. The number of aromatic nitrogens is 2. The number of benzene rings is 2. The lowest BCUT2D eigenvalue weighted by atomic mass is 10.0. The fraction of sp³-hybridized carbons (Fsp3) is 0.556. The number of ether oxygens (including phenoxy) is 5. The molecular formula is C45H64FN5O13S. The molecule has 0 aliphatic carbocycles. The van der Waals surface area contributed by atoms with Crippen molar-refractivity contribution in [2.75, 3.05) is 70.7 Å². The van der Waals surface area contributed by atoms with Gasteiger partial charge in [0.25, 0.3) is 15.9 Å². The Kier molecular flexibility index (Phi) is 26.9. The number of unbranched alkanes of at least 4 members (excludes halogenated alkanes) is 12. The van der Waals surface area contributed by atoms with Gasteiger partial charge in [0, 0.05) is 31.9 Å². The highest BCUT2D eigenvalue weighted by Gasteiger charge is 2.17. The zero-order chi connectivity index (χ0) is 47.0. The molecule has 0 aliphatic heterocycles. The van der Waals surface area contributed by atoms with Crippen LogP contribution in [0, 0.1) is 5.82 Å². The monoisotopic (exact) mass is 933 g/mol. The summed E-state index contributed by atoms with van der Waals surface area (Å²) in [5.74, 6) is -2.36. The summed E-state index contributed by atoms with van der Waals surface area (Å²) < 4.78 is 69.5. The van der Waals surface area contributed by atoms with Crippen molar-refractivity contribution in [2.24, 2.45) is 0 Å². The maximum Gasteiger partial charge on any atom is 0.329 e. The van der Waals surface area contributed by atoms with Crippen molar-refractivity contribution < 1.29 is 65.9 Å². The van der Waals surface area contributed by atoms with Gasteiger partial charge in [0.2, 0.25) is 11.9 Å². The highest BCUT2D eigenvalue weighted by molar-refractivity contribution is 7.92. The van der Waals surface area contributed by atoms with Gasteiger partial charge in [-0.2, -0.15) is 0 Å². The van der Waals surface area contributed by atoms with E-state index in [1.807, 2.05) is 0 Å². The molecule has 0 fully saturated rings. The molecular weight excluding hydrogens is 870 g/mol. The molecule has 3 rings (SSSR count). The molecule has 0 unspecified atom stereocenters. The van der Waals surface area contributed by atoms with E-state index in [1.54, 1.807) is 6.07 Å². The number of nitrogens with zero attached hydrogens (tertiary/aromatic N) is 2. The number of carboxylic acids is 2. The number of hydrogen-bond acceptors (Lipinski definition) is 13. The van der Waals surface area contributed by atoms with E-state index >= 15 is 0 Å². The molecule has 1 aromatic heterocycles. The number of amides is 2. The molecule has 2 aromatic carbocycles. The smallest absolute Gasteiger partial charge is 0.329 e. The molecule has 0 bridgehead atoms. The van der Waals surface area contributed by atoms with Crippen LogP contribution in [0.5, 0.6) is 11.5 Å². The second-order valence-electron chi connectivity index (χ2n) is 15.0. The number of aryl methyl sites for hydroxylation is 1. The minimum atomic E-state index is -4.09. The maximum atomic E-state index is 14.6. The molecule has 0 saturated heterocycles. The third kappa shape index (κ3) is 25.1. The summed E-state index contributed by atoms with van der Waals surface area (Å²) in [7, 11) is -4.09. The van der Waals surface area contributed by atoms with Gasteiger partial charge in [0.1, 0.15) is 30.5 Å². The predicted molar refractivity (Wildman–Crippen MR) is 238 cm³/mol. The van der Waals surface area contributed by atoms with Crippen LogP contribution in [0.3, 0.4) is 0 Å². The van der Waals surface area contributed by atoms with E-state index < -0.39 is 34.5 Å². The first-order valence-corrected chi connectivity index (χ1v) is 23.6. The van der Waals surface area contributed by atoms with Gasteiger partial charge in [-0.3, -0.25) is 14.4 Å². The summed E-state index contributed by atoms with van der Waals surface area (Å²) in [5.41, 5.74) is 0.658. The molecule has 0 aliphatic rings. The van der Waals surface area contributed by atoms with Crippen LogP contribution in [0.1, 0.15) is 106 Å². The number of carboxylic acid groups (broad SMARTS) is 2. The molecule has 20 heteroatoms. The van der Waals surface area contributed by atoms with Crippen LogP contribution in [0.15, 0.2) is 59.8 Å². The summed E-state index contributed by atoms with van der Waals surface area (Å²) in [5, 5.41) is 22.4. The molecule has 18 nitrogen and oxygen atoms in total. The number of rotatable bonds is 38. The Morgan fingerprint density at radius 3 is 1.71 bits per heavy atom. The van der Waals surface area contributed by atoms with Crippen LogP contribution in [0.4, 0.5) is 10.3 Å². The van der Waals surface area contributed by atoms with Crippen molar-refractivity contribution in [3.05, 3.63) is 71.8 Å². The molecule has 0 spiro atoms. The molecule has 3 aromatic rings. The molecule has 360 valence electrons. The maximum absolute atomic E-state index is 14.6. The molecule has 0 radical (unpaired) electrons. The van der Waals surface area contributed by atoms with Crippen LogP contribution in [-0.4, -0.2) is 118 Å². The van der Waals surface area contributed by atoms with Crippen molar-refractivity contribution in [1.82, 2.24) is 20.6 Å². The first-order valence-electron chi connectivity index (χ1n) is 22.1. The lowest BCUT2D eigenvalue weighted by molar-refractivity contribution is -0.143.